The quantitative estimate of drug-likeness (QED) is 0.894. The van der Waals surface area contributed by atoms with Gasteiger partial charge in [-0.05, 0) is 37.3 Å². The normalized spacial score (nSPS) is 10.4. The van der Waals surface area contributed by atoms with Gasteiger partial charge in [0.2, 0.25) is 0 Å². The summed E-state index contributed by atoms with van der Waals surface area (Å²) in [6.07, 6.45) is 0. The van der Waals surface area contributed by atoms with Crippen molar-refractivity contribution in [2.75, 3.05) is 5.32 Å². The first-order valence-electron chi connectivity index (χ1n) is 5.40. The fourth-order valence-electron chi connectivity index (χ4n) is 1.55. The van der Waals surface area contributed by atoms with Crippen LogP contribution in [0, 0.1) is 6.92 Å². The Labute approximate surface area is 115 Å². The van der Waals surface area contributed by atoms with E-state index in [4.69, 9.17) is 23.2 Å². The molecule has 2 rings (SSSR count). The number of nitrogens with zero attached hydrogens (tertiary/aromatic N) is 1. The van der Waals surface area contributed by atoms with Gasteiger partial charge in [0.1, 0.15) is 11.4 Å². The van der Waals surface area contributed by atoms with Crippen LogP contribution in [0.5, 0.6) is 5.75 Å². The van der Waals surface area contributed by atoms with Crippen LogP contribution in [0.3, 0.4) is 0 Å². The first-order valence-corrected chi connectivity index (χ1v) is 6.16. The molecule has 1 aromatic carbocycles. The highest BCUT2D eigenvalue weighted by Gasteiger charge is 2.05. The Kier molecular flexibility index (Phi) is 3.94. The molecule has 0 bridgehead atoms. The van der Waals surface area contributed by atoms with E-state index in [1.54, 1.807) is 30.3 Å². The van der Waals surface area contributed by atoms with Gasteiger partial charge >= 0.3 is 0 Å². The molecule has 0 saturated heterocycles. The van der Waals surface area contributed by atoms with Gasteiger partial charge in [-0.25, -0.2) is 0 Å². The molecule has 2 aromatic rings. The highest BCUT2D eigenvalue weighted by molar-refractivity contribution is 6.35. The van der Waals surface area contributed by atoms with Crippen LogP contribution in [-0.2, 0) is 6.54 Å². The molecule has 0 radical (unpaired) electrons. The zero-order valence-corrected chi connectivity index (χ0v) is 11.3. The Bertz CT molecular complexity index is 521. The second-order valence-corrected chi connectivity index (χ2v) is 4.74. The van der Waals surface area contributed by atoms with E-state index < -0.39 is 0 Å². The maximum absolute atomic E-state index is 9.68. The second-order valence-electron chi connectivity index (χ2n) is 3.90. The third kappa shape index (κ3) is 3.06. The van der Waals surface area contributed by atoms with Crippen molar-refractivity contribution in [2.45, 2.75) is 13.5 Å². The molecule has 0 aliphatic rings. The van der Waals surface area contributed by atoms with Crippen molar-refractivity contribution in [1.29, 1.82) is 0 Å². The first-order chi connectivity index (χ1) is 8.56. The highest BCUT2D eigenvalue weighted by Crippen LogP contribution is 2.26. The molecule has 1 heterocycles. The van der Waals surface area contributed by atoms with Gasteiger partial charge in [-0.15, -0.1) is 0 Å². The lowest BCUT2D eigenvalue weighted by Gasteiger charge is -2.10. The second kappa shape index (κ2) is 5.46. The van der Waals surface area contributed by atoms with Crippen LogP contribution >= 0.6 is 23.2 Å². The molecule has 0 spiro atoms. The predicted molar refractivity (Wildman–Crippen MR) is 74.4 cm³/mol. The molecule has 0 fully saturated rings. The maximum Gasteiger partial charge on any atom is 0.138 e. The van der Waals surface area contributed by atoms with Gasteiger partial charge in [0.05, 0.1) is 17.3 Å². The molecular formula is C13H12Cl2N2O. The van der Waals surface area contributed by atoms with E-state index in [1.807, 2.05) is 6.92 Å². The highest BCUT2D eigenvalue weighted by atomic mass is 35.5. The van der Waals surface area contributed by atoms with Crippen molar-refractivity contribution in [3.63, 3.8) is 0 Å². The lowest BCUT2D eigenvalue weighted by molar-refractivity contribution is 0.464. The molecule has 0 aliphatic carbocycles. The van der Waals surface area contributed by atoms with E-state index in [0.717, 1.165) is 5.69 Å². The standard InChI is InChI=1S/C13H12Cl2N2O/c1-8-2-5-13(18)12(17-8)7-16-11-6-9(14)3-4-10(11)15/h2-6,16,18H,7H2,1H3. The minimum Gasteiger partial charge on any atom is -0.506 e. The van der Waals surface area contributed by atoms with Crippen LogP contribution in [0.15, 0.2) is 30.3 Å². The molecule has 3 nitrogen and oxygen atoms in total. The molecule has 2 N–H and O–H groups in total. The maximum atomic E-state index is 9.68. The van der Waals surface area contributed by atoms with Crippen molar-refractivity contribution >= 4 is 28.9 Å². The van der Waals surface area contributed by atoms with Gasteiger partial charge in [0, 0.05) is 10.7 Å². The predicted octanol–water partition coefficient (Wildman–Crippen LogP) is 4.01. The lowest BCUT2D eigenvalue weighted by Crippen LogP contribution is -2.03. The number of rotatable bonds is 3. The topological polar surface area (TPSA) is 45.1 Å². The zero-order valence-electron chi connectivity index (χ0n) is 9.74. The summed E-state index contributed by atoms with van der Waals surface area (Å²) in [6, 6.07) is 8.55. The van der Waals surface area contributed by atoms with Crippen molar-refractivity contribution in [2.24, 2.45) is 0 Å². The average molecular weight is 283 g/mol. The molecule has 0 amide bonds. The van der Waals surface area contributed by atoms with Crippen LogP contribution in [0.2, 0.25) is 10.0 Å². The summed E-state index contributed by atoms with van der Waals surface area (Å²) in [7, 11) is 0. The van der Waals surface area contributed by atoms with Crippen LogP contribution in [0.1, 0.15) is 11.4 Å². The summed E-state index contributed by atoms with van der Waals surface area (Å²) < 4.78 is 0. The fourth-order valence-corrected chi connectivity index (χ4v) is 1.90. The van der Waals surface area contributed by atoms with Crippen LogP contribution < -0.4 is 5.32 Å². The smallest absolute Gasteiger partial charge is 0.138 e. The molecule has 5 heteroatoms. The summed E-state index contributed by atoms with van der Waals surface area (Å²) in [6.45, 7) is 2.25. The third-order valence-electron chi connectivity index (χ3n) is 2.46. The third-order valence-corrected chi connectivity index (χ3v) is 3.03. The van der Waals surface area contributed by atoms with E-state index in [9.17, 15) is 5.11 Å². The molecule has 0 atom stereocenters. The molecule has 0 saturated carbocycles. The van der Waals surface area contributed by atoms with Crippen molar-refractivity contribution < 1.29 is 5.11 Å². The number of pyridine rings is 1. The van der Waals surface area contributed by atoms with Crippen LogP contribution in [-0.4, -0.2) is 10.1 Å². The number of hydrogen-bond acceptors (Lipinski definition) is 3. The molecule has 0 unspecified atom stereocenters. The van der Waals surface area contributed by atoms with Crippen molar-refractivity contribution in [1.82, 2.24) is 4.98 Å². The van der Waals surface area contributed by atoms with E-state index in [2.05, 4.69) is 10.3 Å². The minimum atomic E-state index is 0.159. The van der Waals surface area contributed by atoms with Crippen molar-refractivity contribution in [3.05, 3.63) is 51.8 Å². The van der Waals surface area contributed by atoms with E-state index in [0.29, 0.717) is 28.0 Å². The van der Waals surface area contributed by atoms with Gasteiger partial charge in [-0.3, -0.25) is 4.98 Å². The zero-order chi connectivity index (χ0) is 13.1. The number of benzene rings is 1. The van der Waals surface area contributed by atoms with E-state index in [1.165, 1.54) is 0 Å². The number of aryl methyl sites for hydroxylation is 1. The van der Waals surface area contributed by atoms with E-state index >= 15 is 0 Å². The summed E-state index contributed by atoms with van der Waals surface area (Å²) in [4.78, 5) is 4.25. The van der Waals surface area contributed by atoms with Crippen molar-refractivity contribution in [3.8, 4) is 5.75 Å². The molecule has 1 aromatic heterocycles. The monoisotopic (exact) mass is 282 g/mol. The Morgan fingerprint density at radius 1 is 1.22 bits per heavy atom. The van der Waals surface area contributed by atoms with Crippen LogP contribution in [0.25, 0.3) is 0 Å². The number of hydrogen-bond donors (Lipinski definition) is 2. The number of aromatic hydroxyl groups is 1. The minimum absolute atomic E-state index is 0.159. The van der Waals surface area contributed by atoms with Gasteiger partial charge in [0.15, 0.2) is 0 Å². The number of aromatic nitrogens is 1. The SMILES string of the molecule is Cc1ccc(O)c(CNc2cc(Cl)ccc2Cl)n1. The molecule has 18 heavy (non-hydrogen) atoms. The average Bonchev–Trinajstić information content (AvgIpc) is 2.34. The van der Waals surface area contributed by atoms with Gasteiger partial charge < -0.3 is 10.4 Å². The van der Waals surface area contributed by atoms with Gasteiger partial charge in [-0.1, -0.05) is 23.2 Å². The summed E-state index contributed by atoms with van der Waals surface area (Å²) in [5.74, 6) is 0.159. The summed E-state index contributed by atoms with van der Waals surface area (Å²) >= 11 is 11.9. The Morgan fingerprint density at radius 3 is 2.78 bits per heavy atom. The lowest BCUT2D eigenvalue weighted by atomic mass is 10.2. The number of anilines is 1. The number of halogens is 2. The van der Waals surface area contributed by atoms with Crippen LogP contribution in [0.4, 0.5) is 5.69 Å². The Hall–Kier alpha value is -1.45. The van der Waals surface area contributed by atoms with Gasteiger partial charge in [0.25, 0.3) is 0 Å². The molecule has 0 aliphatic heterocycles. The number of nitrogens with one attached hydrogen (secondary N) is 1. The summed E-state index contributed by atoms with van der Waals surface area (Å²) in [5, 5.41) is 14.0. The largest absolute Gasteiger partial charge is 0.506 e. The molecular weight excluding hydrogens is 271 g/mol. The Balaban J connectivity index is 2.16. The fraction of sp³-hybridized carbons (Fsp3) is 0.154. The van der Waals surface area contributed by atoms with E-state index in [-0.39, 0.29) is 5.75 Å². The molecule has 94 valence electrons. The van der Waals surface area contributed by atoms with Gasteiger partial charge in [-0.2, -0.15) is 0 Å². The summed E-state index contributed by atoms with van der Waals surface area (Å²) in [5.41, 5.74) is 2.14. The Morgan fingerprint density at radius 2 is 2.00 bits per heavy atom. The first kappa shape index (κ1) is 13.0.